The van der Waals surface area contributed by atoms with E-state index >= 15 is 0 Å². The van der Waals surface area contributed by atoms with E-state index < -0.39 is 29.9 Å². The Hall–Kier alpha value is -2.41. The number of carboxylic acid groups (broad SMARTS) is 1. The number of esters is 1. The number of carboxylic acids is 1. The van der Waals surface area contributed by atoms with Gasteiger partial charge in [0.15, 0.2) is 0 Å². The summed E-state index contributed by atoms with van der Waals surface area (Å²) in [7, 11) is 0. The van der Waals surface area contributed by atoms with E-state index in [0.29, 0.717) is 5.75 Å². The lowest BCUT2D eigenvalue weighted by molar-refractivity contribution is -0.141. The van der Waals surface area contributed by atoms with Gasteiger partial charge >= 0.3 is 11.9 Å². The molecular formula is C16H22N2O5. The summed E-state index contributed by atoms with van der Waals surface area (Å²) in [6.07, 6.45) is -0.344. The number of carbonyl (C=O) groups excluding carboxylic acids is 2. The first-order valence-electron chi connectivity index (χ1n) is 7.35. The summed E-state index contributed by atoms with van der Waals surface area (Å²) < 4.78 is 5.16. The number of para-hydroxylation sites is 1. The van der Waals surface area contributed by atoms with E-state index in [-0.39, 0.29) is 18.8 Å². The molecule has 0 saturated carbocycles. The molecule has 2 atom stereocenters. The average molecular weight is 322 g/mol. The van der Waals surface area contributed by atoms with Gasteiger partial charge in [-0.25, -0.2) is 4.79 Å². The molecule has 0 aliphatic heterocycles. The molecule has 1 amide bonds. The third kappa shape index (κ3) is 6.48. The Morgan fingerprint density at radius 3 is 2.35 bits per heavy atom. The van der Waals surface area contributed by atoms with Gasteiger partial charge in [0.2, 0.25) is 5.91 Å². The van der Waals surface area contributed by atoms with E-state index in [2.05, 4.69) is 5.32 Å². The van der Waals surface area contributed by atoms with Crippen molar-refractivity contribution in [3.63, 3.8) is 0 Å². The molecule has 0 unspecified atom stereocenters. The van der Waals surface area contributed by atoms with Crippen LogP contribution in [0.2, 0.25) is 0 Å². The van der Waals surface area contributed by atoms with Gasteiger partial charge in [0.1, 0.15) is 11.8 Å². The predicted octanol–water partition coefficient (Wildman–Crippen LogP) is 0.925. The third-order valence-corrected chi connectivity index (χ3v) is 3.23. The smallest absolute Gasteiger partial charge is 0.334 e. The third-order valence-electron chi connectivity index (χ3n) is 3.23. The highest BCUT2D eigenvalue weighted by atomic mass is 16.5. The van der Waals surface area contributed by atoms with Crippen molar-refractivity contribution in [2.75, 3.05) is 0 Å². The number of aliphatic carboxylic acids is 1. The van der Waals surface area contributed by atoms with Crippen LogP contribution < -0.4 is 15.8 Å². The fourth-order valence-corrected chi connectivity index (χ4v) is 1.76. The number of benzene rings is 1. The Morgan fingerprint density at radius 2 is 1.83 bits per heavy atom. The second-order valence-electron chi connectivity index (χ2n) is 5.50. The number of hydrogen-bond donors (Lipinski definition) is 3. The van der Waals surface area contributed by atoms with Gasteiger partial charge in [-0.05, 0) is 24.5 Å². The molecule has 1 aromatic rings. The van der Waals surface area contributed by atoms with Crippen molar-refractivity contribution in [2.24, 2.45) is 11.7 Å². The van der Waals surface area contributed by atoms with Gasteiger partial charge in [-0.15, -0.1) is 0 Å². The minimum absolute atomic E-state index is 0.0719. The molecule has 0 bridgehead atoms. The lowest BCUT2D eigenvalue weighted by Crippen LogP contribution is -2.51. The molecule has 0 aliphatic carbocycles. The molecule has 0 heterocycles. The molecule has 0 saturated heterocycles. The van der Waals surface area contributed by atoms with Crippen LogP contribution >= 0.6 is 0 Å². The van der Waals surface area contributed by atoms with E-state index in [0.717, 1.165) is 0 Å². The van der Waals surface area contributed by atoms with E-state index in [4.69, 9.17) is 15.6 Å². The highest BCUT2D eigenvalue weighted by Gasteiger charge is 2.27. The lowest BCUT2D eigenvalue weighted by Gasteiger charge is -2.21. The van der Waals surface area contributed by atoms with Crippen LogP contribution in [-0.2, 0) is 14.4 Å². The van der Waals surface area contributed by atoms with Crippen molar-refractivity contribution in [3.8, 4) is 5.75 Å². The molecule has 1 aromatic carbocycles. The lowest BCUT2D eigenvalue weighted by atomic mass is 10.0. The zero-order chi connectivity index (χ0) is 17.4. The van der Waals surface area contributed by atoms with Gasteiger partial charge in [0.05, 0.1) is 6.04 Å². The van der Waals surface area contributed by atoms with E-state index in [1.165, 1.54) is 0 Å². The zero-order valence-corrected chi connectivity index (χ0v) is 13.2. The van der Waals surface area contributed by atoms with Crippen LogP contribution in [0, 0.1) is 5.92 Å². The zero-order valence-electron chi connectivity index (χ0n) is 13.2. The quantitative estimate of drug-likeness (QED) is 0.484. The molecule has 0 aromatic heterocycles. The summed E-state index contributed by atoms with van der Waals surface area (Å²) in [6.45, 7) is 3.55. The van der Waals surface area contributed by atoms with Crippen LogP contribution in [0.4, 0.5) is 0 Å². The maximum absolute atomic E-state index is 12.2. The number of amides is 1. The summed E-state index contributed by atoms with van der Waals surface area (Å²) in [6, 6.07) is 6.49. The molecule has 0 radical (unpaired) electrons. The minimum Gasteiger partial charge on any atom is -0.481 e. The van der Waals surface area contributed by atoms with Crippen molar-refractivity contribution in [1.29, 1.82) is 0 Å². The van der Waals surface area contributed by atoms with E-state index in [1.54, 1.807) is 44.2 Å². The van der Waals surface area contributed by atoms with Crippen molar-refractivity contribution >= 4 is 17.8 Å². The predicted molar refractivity (Wildman–Crippen MR) is 83.7 cm³/mol. The highest BCUT2D eigenvalue weighted by Crippen LogP contribution is 2.11. The fraction of sp³-hybridized carbons (Fsp3) is 0.438. The molecule has 0 spiro atoms. The summed E-state index contributed by atoms with van der Waals surface area (Å²) in [5, 5.41) is 11.2. The summed E-state index contributed by atoms with van der Waals surface area (Å²) in [5.74, 6) is -2.09. The standard InChI is InChI=1S/C16H22N2O5/c1-10(2)14(17)15(21)18-12(8-9-13(19)20)16(22)23-11-6-4-3-5-7-11/h3-7,10,12,14H,8-9,17H2,1-2H3,(H,18,21)(H,19,20)/t12-,14-/m0/s1. The average Bonchev–Trinajstić information content (AvgIpc) is 2.50. The minimum atomic E-state index is -1.07. The maximum Gasteiger partial charge on any atom is 0.334 e. The summed E-state index contributed by atoms with van der Waals surface area (Å²) in [4.78, 5) is 34.9. The first kappa shape index (κ1) is 18.6. The van der Waals surface area contributed by atoms with Crippen molar-refractivity contribution in [2.45, 2.75) is 38.8 Å². The number of ether oxygens (including phenoxy) is 1. The van der Waals surface area contributed by atoms with Gasteiger partial charge in [-0.1, -0.05) is 32.0 Å². The van der Waals surface area contributed by atoms with Crippen LogP contribution in [0.15, 0.2) is 30.3 Å². The topological polar surface area (TPSA) is 119 Å². The molecule has 23 heavy (non-hydrogen) atoms. The Morgan fingerprint density at radius 1 is 1.22 bits per heavy atom. The van der Waals surface area contributed by atoms with Gasteiger partial charge in [0, 0.05) is 6.42 Å². The first-order valence-corrected chi connectivity index (χ1v) is 7.35. The van der Waals surface area contributed by atoms with Gasteiger partial charge in [0.25, 0.3) is 0 Å². The number of carbonyl (C=O) groups is 3. The fourth-order valence-electron chi connectivity index (χ4n) is 1.76. The van der Waals surface area contributed by atoms with Crippen LogP contribution in [0.25, 0.3) is 0 Å². The molecule has 0 aliphatic rings. The van der Waals surface area contributed by atoms with E-state index in [1.807, 2.05) is 0 Å². The largest absolute Gasteiger partial charge is 0.481 e. The molecule has 1 rings (SSSR count). The van der Waals surface area contributed by atoms with Crippen LogP contribution in [0.5, 0.6) is 5.75 Å². The van der Waals surface area contributed by atoms with Crippen molar-refractivity contribution < 1.29 is 24.2 Å². The number of rotatable bonds is 8. The van der Waals surface area contributed by atoms with E-state index in [9.17, 15) is 14.4 Å². The van der Waals surface area contributed by atoms with Crippen LogP contribution in [0.3, 0.4) is 0 Å². The Kier molecular flexibility index (Phi) is 7.21. The normalized spacial score (nSPS) is 13.2. The monoisotopic (exact) mass is 322 g/mol. The van der Waals surface area contributed by atoms with Gasteiger partial charge in [-0.3, -0.25) is 9.59 Å². The van der Waals surface area contributed by atoms with Crippen molar-refractivity contribution in [3.05, 3.63) is 30.3 Å². The number of nitrogens with one attached hydrogen (secondary N) is 1. The highest BCUT2D eigenvalue weighted by molar-refractivity contribution is 5.88. The Labute approximate surface area is 134 Å². The SMILES string of the molecule is CC(C)[C@H](N)C(=O)N[C@@H](CCC(=O)O)C(=O)Oc1ccccc1. The maximum atomic E-state index is 12.2. The summed E-state index contributed by atoms with van der Waals surface area (Å²) in [5.41, 5.74) is 5.74. The molecule has 7 heteroatoms. The van der Waals surface area contributed by atoms with Crippen LogP contribution in [-0.4, -0.2) is 35.0 Å². The second-order valence-corrected chi connectivity index (χ2v) is 5.50. The summed E-state index contributed by atoms with van der Waals surface area (Å²) >= 11 is 0. The molecule has 4 N–H and O–H groups in total. The second kappa shape index (κ2) is 8.89. The first-order chi connectivity index (χ1) is 10.8. The Balaban J connectivity index is 2.76. The van der Waals surface area contributed by atoms with Crippen molar-refractivity contribution in [1.82, 2.24) is 5.32 Å². The number of nitrogens with two attached hydrogens (primary N) is 1. The van der Waals surface area contributed by atoms with Crippen LogP contribution in [0.1, 0.15) is 26.7 Å². The molecular weight excluding hydrogens is 300 g/mol. The molecule has 126 valence electrons. The molecule has 7 nitrogen and oxygen atoms in total. The number of hydrogen-bond acceptors (Lipinski definition) is 5. The Bertz CT molecular complexity index is 545. The van der Waals surface area contributed by atoms with Gasteiger partial charge < -0.3 is 20.9 Å². The molecule has 0 fully saturated rings. The van der Waals surface area contributed by atoms with Gasteiger partial charge in [-0.2, -0.15) is 0 Å².